The third-order valence-electron chi connectivity index (χ3n) is 3.78. The van der Waals surface area contributed by atoms with Gasteiger partial charge in [-0.3, -0.25) is 4.90 Å². The highest BCUT2D eigenvalue weighted by Crippen LogP contribution is 2.28. The molecule has 3 rings (SSSR count). The molecule has 3 saturated heterocycles. The fourth-order valence-electron chi connectivity index (χ4n) is 3.22. The van der Waals surface area contributed by atoms with E-state index in [1.165, 1.54) is 0 Å². The van der Waals surface area contributed by atoms with E-state index in [4.69, 9.17) is 13.3 Å². The summed E-state index contributed by atoms with van der Waals surface area (Å²) >= 11 is 0. The summed E-state index contributed by atoms with van der Waals surface area (Å²) in [5.74, 6) is 0. The molecule has 3 unspecified atom stereocenters. The second-order valence-corrected chi connectivity index (χ2v) is 9.17. The van der Waals surface area contributed by atoms with Gasteiger partial charge in [0.15, 0.2) is 0 Å². The van der Waals surface area contributed by atoms with E-state index < -0.39 is 8.80 Å². The maximum Gasteiger partial charge on any atom is 0.501 e. The molecule has 0 N–H and O–H groups in total. The van der Waals surface area contributed by atoms with Gasteiger partial charge in [0, 0.05) is 25.7 Å². The third kappa shape index (κ3) is 4.51. The lowest BCUT2D eigenvalue weighted by Gasteiger charge is -2.45. The predicted molar refractivity (Wildman–Crippen MR) is 81.8 cm³/mol. The van der Waals surface area contributed by atoms with Crippen molar-refractivity contribution in [1.29, 1.82) is 0 Å². The summed E-state index contributed by atoms with van der Waals surface area (Å²) in [5, 5.41) is 0. The van der Waals surface area contributed by atoms with Crippen molar-refractivity contribution >= 4 is 8.80 Å². The van der Waals surface area contributed by atoms with Crippen molar-refractivity contribution in [2.75, 3.05) is 40.3 Å². The number of hydrogen-bond acceptors (Lipinski definition) is 5. The maximum absolute atomic E-state index is 6.31. The zero-order chi connectivity index (χ0) is 14.8. The van der Waals surface area contributed by atoms with Crippen molar-refractivity contribution in [3.63, 3.8) is 0 Å². The lowest BCUT2D eigenvalue weighted by molar-refractivity contribution is -0.0791. The summed E-state index contributed by atoms with van der Waals surface area (Å²) in [5.41, 5.74) is 0. The number of nitrogens with zero attached hydrogens (tertiary/aromatic N) is 2. The Morgan fingerprint density at radius 3 is 1.80 bits per heavy atom. The van der Waals surface area contributed by atoms with Crippen LogP contribution < -0.4 is 0 Å². The van der Waals surface area contributed by atoms with E-state index in [-0.39, 0.29) is 18.3 Å². The molecule has 0 amide bonds. The Kier molecular flexibility index (Phi) is 5.61. The minimum Gasteiger partial charge on any atom is -0.369 e. The fraction of sp³-hybridized carbons (Fsp3) is 1.00. The second-order valence-electron chi connectivity index (χ2n) is 6.59. The van der Waals surface area contributed by atoms with Gasteiger partial charge in [0.25, 0.3) is 0 Å². The minimum atomic E-state index is -2.54. The summed E-state index contributed by atoms with van der Waals surface area (Å²) in [6.07, 6.45) is 1.65. The van der Waals surface area contributed by atoms with Crippen LogP contribution in [0.5, 0.6) is 0 Å². The molecule has 0 aliphatic carbocycles. The largest absolute Gasteiger partial charge is 0.501 e. The summed E-state index contributed by atoms with van der Waals surface area (Å²) < 4.78 is 18.9. The van der Waals surface area contributed by atoms with E-state index in [2.05, 4.69) is 44.7 Å². The van der Waals surface area contributed by atoms with Crippen molar-refractivity contribution in [2.24, 2.45) is 0 Å². The van der Waals surface area contributed by atoms with Gasteiger partial charge in [-0.25, -0.2) is 0 Å². The van der Waals surface area contributed by atoms with Crippen LogP contribution in [0.4, 0.5) is 0 Å². The van der Waals surface area contributed by atoms with Crippen LogP contribution in [-0.4, -0.2) is 77.2 Å². The van der Waals surface area contributed by atoms with E-state index in [0.29, 0.717) is 0 Å². The van der Waals surface area contributed by atoms with E-state index in [9.17, 15) is 0 Å². The Bertz CT molecular complexity index is 281. The van der Waals surface area contributed by atoms with Crippen molar-refractivity contribution in [2.45, 2.75) is 51.5 Å². The molecule has 20 heavy (non-hydrogen) atoms. The van der Waals surface area contributed by atoms with Crippen LogP contribution in [0.3, 0.4) is 0 Å². The molecule has 0 aromatic carbocycles. The molecule has 2 bridgehead atoms. The van der Waals surface area contributed by atoms with Gasteiger partial charge >= 0.3 is 8.80 Å². The van der Waals surface area contributed by atoms with Crippen molar-refractivity contribution in [1.82, 2.24) is 9.80 Å². The molecule has 3 heterocycles. The Labute approximate surface area is 124 Å². The van der Waals surface area contributed by atoms with Gasteiger partial charge in [0.2, 0.25) is 0 Å². The minimum absolute atomic E-state index is 0.195. The van der Waals surface area contributed by atoms with Crippen molar-refractivity contribution in [3.8, 4) is 0 Å². The van der Waals surface area contributed by atoms with Crippen molar-refractivity contribution < 1.29 is 13.3 Å². The topological polar surface area (TPSA) is 34.2 Å². The van der Waals surface area contributed by atoms with Gasteiger partial charge in [0.05, 0.1) is 18.3 Å². The molecule has 5 nitrogen and oxygen atoms in total. The smallest absolute Gasteiger partial charge is 0.369 e. The first-order chi connectivity index (χ1) is 9.38. The molecule has 0 saturated carbocycles. The summed E-state index contributed by atoms with van der Waals surface area (Å²) in [4.78, 5) is 4.60. The molecule has 3 fully saturated rings. The van der Waals surface area contributed by atoms with Gasteiger partial charge < -0.3 is 18.2 Å². The van der Waals surface area contributed by atoms with Crippen LogP contribution in [0.25, 0.3) is 0 Å². The van der Waals surface area contributed by atoms with Gasteiger partial charge in [-0.1, -0.05) is 0 Å². The highest BCUT2D eigenvalue weighted by molar-refractivity contribution is 6.60. The first-order valence-corrected chi connectivity index (χ1v) is 9.72. The van der Waals surface area contributed by atoms with Gasteiger partial charge in [-0.05, 0) is 47.8 Å². The molecule has 3 aliphatic rings. The van der Waals surface area contributed by atoms with Crippen molar-refractivity contribution in [3.05, 3.63) is 0 Å². The Morgan fingerprint density at radius 1 is 0.950 bits per heavy atom. The average Bonchev–Trinajstić information content (AvgIpc) is 2.23. The van der Waals surface area contributed by atoms with Crippen LogP contribution in [0.15, 0.2) is 0 Å². The van der Waals surface area contributed by atoms with E-state index in [1.54, 1.807) is 0 Å². The van der Waals surface area contributed by atoms with Gasteiger partial charge in [-0.2, -0.15) is 0 Å². The molecule has 3 atom stereocenters. The lowest BCUT2D eigenvalue weighted by Crippen LogP contribution is -2.61. The van der Waals surface area contributed by atoms with Crippen LogP contribution in [0.2, 0.25) is 6.04 Å². The van der Waals surface area contributed by atoms with Crippen LogP contribution >= 0.6 is 0 Å². The molecule has 0 aromatic heterocycles. The first-order valence-electron chi connectivity index (χ1n) is 7.79. The second kappa shape index (κ2) is 6.85. The lowest BCUT2D eigenvalue weighted by atomic mass is 10.2. The Hall–Kier alpha value is 0.0169. The zero-order valence-electron chi connectivity index (χ0n) is 13.6. The first kappa shape index (κ1) is 16.4. The van der Waals surface area contributed by atoms with E-state index in [0.717, 1.165) is 38.6 Å². The van der Waals surface area contributed by atoms with Crippen LogP contribution in [-0.2, 0) is 13.3 Å². The maximum atomic E-state index is 6.31. The fourth-order valence-corrected chi connectivity index (χ4v) is 6.39. The Balaban J connectivity index is 2.10. The number of rotatable bonds is 4. The molecule has 6 heteroatoms. The quantitative estimate of drug-likeness (QED) is 0.734. The normalized spacial score (nSPS) is 42.3. The van der Waals surface area contributed by atoms with Crippen LogP contribution in [0, 0.1) is 0 Å². The highest BCUT2D eigenvalue weighted by atomic mass is 28.4. The molecular weight excluding hydrogens is 272 g/mol. The van der Waals surface area contributed by atoms with E-state index >= 15 is 0 Å². The number of hydrogen-bond donors (Lipinski definition) is 0. The van der Waals surface area contributed by atoms with Crippen LogP contribution in [0.1, 0.15) is 27.2 Å². The molecule has 3 aliphatic heterocycles. The Morgan fingerprint density at radius 2 is 1.40 bits per heavy atom. The molecule has 118 valence electrons. The standard InChI is InChI=1S/C14H30N2O3Si/c1-12-9-16-10-13(2)18-20(17-12,19-14(3)11-16)8-6-7-15(4)5/h12-14H,6-11H2,1-5H3. The summed E-state index contributed by atoms with van der Waals surface area (Å²) in [7, 11) is 1.67. The molecule has 0 spiro atoms. The average molecular weight is 302 g/mol. The summed E-state index contributed by atoms with van der Waals surface area (Å²) in [6.45, 7) is 10.4. The molecule has 0 radical (unpaired) electrons. The van der Waals surface area contributed by atoms with Gasteiger partial charge in [-0.15, -0.1) is 0 Å². The predicted octanol–water partition coefficient (Wildman–Crippen LogP) is 1.42. The molecule has 0 aromatic rings. The third-order valence-corrected chi connectivity index (χ3v) is 7.03. The zero-order valence-corrected chi connectivity index (χ0v) is 14.6. The monoisotopic (exact) mass is 302 g/mol. The SMILES string of the molecule is CC1CN2CC(C)O[Si](CCCN(C)C)(O1)OC(C)C2. The van der Waals surface area contributed by atoms with E-state index in [1.807, 2.05) is 0 Å². The number of fused-ring (bicyclic) bond motifs is 6. The highest BCUT2D eigenvalue weighted by Gasteiger charge is 2.48. The molecular formula is C14H30N2O3Si. The summed E-state index contributed by atoms with van der Waals surface area (Å²) in [6, 6.07) is 0.921. The van der Waals surface area contributed by atoms with Gasteiger partial charge in [0.1, 0.15) is 0 Å².